The van der Waals surface area contributed by atoms with Crippen LogP contribution in [0.25, 0.3) is 0 Å². The molecule has 0 N–H and O–H groups in total. The summed E-state index contributed by atoms with van der Waals surface area (Å²) in [5.41, 5.74) is 1.76. The van der Waals surface area contributed by atoms with Crippen LogP contribution in [0.15, 0.2) is 57.3 Å². The molecule has 10 nitrogen and oxygen atoms in total. The van der Waals surface area contributed by atoms with E-state index >= 15 is 0 Å². The number of carbonyl (C=O) groups excluding carboxylic acids is 1. The van der Waals surface area contributed by atoms with Crippen LogP contribution in [0.1, 0.15) is 36.6 Å². The van der Waals surface area contributed by atoms with Crippen molar-refractivity contribution in [2.45, 2.75) is 43.1 Å². The summed E-state index contributed by atoms with van der Waals surface area (Å²) in [5, 5.41) is 18.7. The standard InChI is InChI=1S/C22H24N6O4S/c1-30-16-8-6-15(7-9-16)18-12-19(20-5-3-11-32-20)28(24-18)21(29)14-33-22-23-25-26-27(22)13-17-4-2-10-31-17/h3,5-9,11,17,19H,2,4,10,12-14H2,1H3/t17-,19+/m0/s1. The first-order valence-corrected chi connectivity index (χ1v) is 11.8. The zero-order valence-electron chi connectivity index (χ0n) is 18.2. The molecule has 0 saturated carbocycles. The number of thioether (sulfide) groups is 1. The summed E-state index contributed by atoms with van der Waals surface area (Å²) in [7, 11) is 1.63. The minimum absolute atomic E-state index is 0.113. The number of rotatable bonds is 8. The van der Waals surface area contributed by atoms with Crippen molar-refractivity contribution in [3.63, 3.8) is 0 Å². The molecule has 2 aliphatic heterocycles. The molecule has 0 aliphatic carbocycles. The zero-order valence-corrected chi connectivity index (χ0v) is 19.0. The van der Waals surface area contributed by atoms with Crippen LogP contribution in [0, 0.1) is 0 Å². The van der Waals surface area contributed by atoms with Crippen molar-refractivity contribution in [1.29, 1.82) is 0 Å². The van der Waals surface area contributed by atoms with Crippen LogP contribution in [0.5, 0.6) is 5.75 Å². The molecule has 11 heteroatoms. The number of benzene rings is 1. The number of hydrogen-bond acceptors (Lipinski definition) is 9. The van der Waals surface area contributed by atoms with E-state index < -0.39 is 0 Å². The number of tetrazole rings is 1. The van der Waals surface area contributed by atoms with Gasteiger partial charge in [0.05, 0.1) is 37.5 Å². The van der Waals surface area contributed by atoms with Crippen molar-refractivity contribution >= 4 is 23.4 Å². The second-order valence-electron chi connectivity index (χ2n) is 7.82. The van der Waals surface area contributed by atoms with Crippen LogP contribution in [-0.2, 0) is 16.1 Å². The molecule has 5 rings (SSSR count). The van der Waals surface area contributed by atoms with E-state index in [0.29, 0.717) is 23.9 Å². The number of carbonyl (C=O) groups is 1. The minimum Gasteiger partial charge on any atom is -0.497 e. The summed E-state index contributed by atoms with van der Waals surface area (Å²) in [6, 6.07) is 11.0. The number of nitrogens with zero attached hydrogens (tertiary/aromatic N) is 6. The molecule has 2 atom stereocenters. The van der Waals surface area contributed by atoms with Gasteiger partial charge in [0.2, 0.25) is 5.16 Å². The number of furan rings is 1. The molecule has 33 heavy (non-hydrogen) atoms. The predicted octanol–water partition coefficient (Wildman–Crippen LogP) is 2.92. The highest BCUT2D eigenvalue weighted by atomic mass is 32.2. The molecule has 1 amide bonds. The Balaban J connectivity index is 1.30. The first-order valence-electron chi connectivity index (χ1n) is 10.8. The summed E-state index contributed by atoms with van der Waals surface area (Å²) in [4.78, 5) is 13.2. The van der Waals surface area contributed by atoms with Gasteiger partial charge in [0.1, 0.15) is 17.6 Å². The maximum atomic E-state index is 13.2. The zero-order chi connectivity index (χ0) is 22.6. The van der Waals surface area contributed by atoms with Gasteiger partial charge in [-0.25, -0.2) is 9.69 Å². The second kappa shape index (κ2) is 9.75. The van der Waals surface area contributed by atoms with Crippen molar-refractivity contribution < 1.29 is 18.7 Å². The summed E-state index contributed by atoms with van der Waals surface area (Å²) in [5.74, 6) is 1.48. The Morgan fingerprint density at radius 2 is 2.15 bits per heavy atom. The van der Waals surface area contributed by atoms with Crippen molar-refractivity contribution in [2.75, 3.05) is 19.5 Å². The monoisotopic (exact) mass is 468 g/mol. The van der Waals surface area contributed by atoms with Gasteiger partial charge in [-0.2, -0.15) is 5.10 Å². The number of methoxy groups -OCH3 is 1. The van der Waals surface area contributed by atoms with Gasteiger partial charge in [-0.1, -0.05) is 11.8 Å². The van der Waals surface area contributed by atoms with Gasteiger partial charge in [0.25, 0.3) is 5.91 Å². The van der Waals surface area contributed by atoms with Crippen molar-refractivity contribution in [3.8, 4) is 5.75 Å². The van der Waals surface area contributed by atoms with Crippen LogP contribution in [0.2, 0.25) is 0 Å². The Hall–Kier alpha value is -3.18. The molecule has 0 bridgehead atoms. The summed E-state index contributed by atoms with van der Waals surface area (Å²) in [6.07, 6.45) is 4.32. The third-order valence-corrected chi connectivity index (χ3v) is 6.63. The second-order valence-corrected chi connectivity index (χ2v) is 8.76. The summed E-state index contributed by atoms with van der Waals surface area (Å²) in [6.45, 7) is 1.35. The number of hydrazone groups is 1. The third kappa shape index (κ3) is 4.79. The fourth-order valence-corrected chi connectivity index (χ4v) is 4.73. The lowest BCUT2D eigenvalue weighted by Gasteiger charge is -2.19. The van der Waals surface area contributed by atoms with E-state index in [4.69, 9.17) is 13.9 Å². The van der Waals surface area contributed by atoms with E-state index in [0.717, 1.165) is 36.5 Å². The highest BCUT2D eigenvalue weighted by molar-refractivity contribution is 7.99. The van der Waals surface area contributed by atoms with Gasteiger partial charge < -0.3 is 13.9 Å². The molecule has 3 aromatic rings. The molecule has 0 radical (unpaired) electrons. The first-order chi connectivity index (χ1) is 16.2. The molecule has 2 aromatic heterocycles. The third-order valence-electron chi connectivity index (χ3n) is 5.69. The summed E-state index contributed by atoms with van der Waals surface area (Å²) < 4.78 is 18.2. The highest BCUT2D eigenvalue weighted by Crippen LogP contribution is 2.34. The number of aromatic nitrogens is 4. The Labute approximate surface area is 194 Å². The quantitative estimate of drug-likeness (QED) is 0.465. The molecule has 2 aliphatic rings. The highest BCUT2D eigenvalue weighted by Gasteiger charge is 2.35. The lowest BCUT2D eigenvalue weighted by Crippen LogP contribution is -2.28. The fourth-order valence-electron chi connectivity index (χ4n) is 3.99. The SMILES string of the molecule is COc1ccc(C2=NN(C(=O)CSc3nnnn3C[C@@H]3CCCO3)[C@@H](c3ccco3)C2)cc1. The smallest absolute Gasteiger partial charge is 0.253 e. The molecule has 1 aromatic carbocycles. The van der Waals surface area contributed by atoms with Gasteiger partial charge in [-0.3, -0.25) is 4.79 Å². The van der Waals surface area contributed by atoms with Crippen molar-refractivity contribution in [3.05, 3.63) is 54.0 Å². The molecule has 4 heterocycles. The van der Waals surface area contributed by atoms with Crippen molar-refractivity contribution in [1.82, 2.24) is 25.2 Å². The lowest BCUT2D eigenvalue weighted by atomic mass is 10.0. The number of hydrogen-bond donors (Lipinski definition) is 0. The average molecular weight is 469 g/mol. The Kier molecular flexibility index (Phi) is 6.40. The van der Waals surface area contributed by atoms with Gasteiger partial charge >= 0.3 is 0 Å². The molecular formula is C22H24N6O4S. The molecule has 0 spiro atoms. The molecular weight excluding hydrogens is 444 g/mol. The Morgan fingerprint density at radius 1 is 1.27 bits per heavy atom. The maximum Gasteiger partial charge on any atom is 0.253 e. The number of ether oxygens (including phenoxy) is 2. The maximum absolute atomic E-state index is 13.2. The van der Waals surface area contributed by atoms with Gasteiger partial charge in [-0.15, -0.1) is 5.10 Å². The van der Waals surface area contributed by atoms with Crippen molar-refractivity contribution in [2.24, 2.45) is 5.10 Å². The Morgan fingerprint density at radius 3 is 2.88 bits per heavy atom. The van der Waals surface area contributed by atoms with E-state index in [-0.39, 0.29) is 23.8 Å². The Bertz CT molecular complexity index is 1110. The van der Waals surface area contributed by atoms with Crippen LogP contribution < -0.4 is 4.74 Å². The molecule has 1 fully saturated rings. The predicted molar refractivity (Wildman–Crippen MR) is 120 cm³/mol. The number of amides is 1. The first kappa shape index (κ1) is 21.7. The fraction of sp³-hybridized carbons (Fsp3) is 0.409. The van der Waals surface area contributed by atoms with Gasteiger partial charge in [0.15, 0.2) is 0 Å². The molecule has 172 valence electrons. The molecule has 1 saturated heterocycles. The largest absolute Gasteiger partial charge is 0.497 e. The van der Waals surface area contributed by atoms with Crippen LogP contribution in [-0.4, -0.2) is 62.4 Å². The van der Waals surface area contributed by atoms with Gasteiger partial charge in [0, 0.05) is 13.0 Å². The van der Waals surface area contributed by atoms with Crippen LogP contribution >= 0.6 is 11.8 Å². The average Bonchev–Trinajstić information content (AvgIpc) is 3.65. The van der Waals surface area contributed by atoms with E-state index in [2.05, 4.69) is 20.6 Å². The van der Waals surface area contributed by atoms with E-state index in [1.165, 1.54) is 16.8 Å². The van der Waals surface area contributed by atoms with E-state index in [1.807, 2.05) is 36.4 Å². The topological polar surface area (TPSA) is 108 Å². The summed E-state index contributed by atoms with van der Waals surface area (Å²) >= 11 is 1.30. The van der Waals surface area contributed by atoms with Crippen LogP contribution in [0.4, 0.5) is 0 Å². The van der Waals surface area contributed by atoms with E-state index in [1.54, 1.807) is 18.1 Å². The van der Waals surface area contributed by atoms with E-state index in [9.17, 15) is 4.79 Å². The minimum atomic E-state index is -0.298. The van der Waals surface area contributed by atoms with Gasteiger partial charge in [-0.05, 0) is 65.2 Å². The van der Waals surface area contributed by atoms with Crippen LogP contribution in [0.3, 0.4) is 0 Å². The lowest BCUT2D eigenvalue weighted by molar-refractivity contribution is -0.130. The normalized spacial score (nSPS) is 20.3. The molecule has 0 unspecified atom stereocenters.